The smallest absolute Gasteiger partial charge is 0.137 e. The molecule has 1 aromatic carbocycles. The van der Waals surface area contributed by atoms with Crippen LogP contribution in [-0.4, -0.2) is 29.6 Å². The highest BCUT2D eigenvalue weighted by molar-refractivity contribution is 9.10. The van der Waals surface area contributed by atoms with Crippen molar-refractivity contribution < 1.29 is 4.39 Å². The number of benzene rings is 1. The van der Waals surface area contributed by atoms with Crippen molar-refractivity contribution in [2.24, 2.45) is 5.84 Å². The third-order valence-corrected chi connectivity index (χ3v) is 5.53. The summed E-state index contributed by atoms with van der Waals surface area (Å²) in [5.74, 6) is 5.63. The van der Waals surface area contributed by atoms with Gasteiger partial charge in [0.05, 0.1) is 4.47 Å². The zero-order valence-corrected chi connectivity index (χ0v) is 14.4. The van der Waals surface area contributed by atoms with E-state index in [0.717, 1.165) is 31.5 Å². The van der Waals surface area contributed by atoms with E-state index in [1.807, 2.05) is 12.1 Å². The second-order valence-corrected chi connectivity index (χ2v) is 6.93. The molecule has 1 aliphatic heterocycles. The van der Waals surface area contributed by atoms with Gasteiger partial charge in [0.2, 0.25) is 0 Å². The SMILES string of the molecule is CCC(C)(C(Cc1ccc(F)c(Br)c1)NN)N1CCCC1. The summed E-state index contributed by atoms with van der Waals surface area (Å²) in [7, 11) is 0. The normalized spacial score (nSPS) is 20.4. The number of nitrogens with one attached hydrogen (secondary N) is 1. The van der Waals surface area contributed by atoms with Crippen LogP contribution < -0.4 is 11.3 Å². The molecule has 2 atom stereocenters. The fourth-order valence-electron chi connectivity index (χ4n) is 3.28. The molecule has 1 heterocycles. The van der Waals surface area contributed by atoms with Crippen LogP contribution in [0.2, 0.25) is 0 Å². The van der Waals surface area contributed by atoms with Crippen LogP contribution in [0.5, 0.6) is 0 Å². The van der Waals surface area contributed by atoms with Crippen LogP contribution in [0.15, 0.2) is 22.7 Å². The van der Waals surface area contributed by atoms with Crippen LogP contribution in [0.1, 0.15) is 38.7 Å². The Labute approximate surface area is 135 Å². The summed E-state index contributed by atoms with van der Waals surface area (Å²) in [6, 6.07) is 5.33. The van der Waals surface area contributed by atoms with E-state index >= 15 is 0 Å². The van der Waals surface area contributed by atoms with E-state index in [1.165, 1.54) is 18.9 Å². The number of likely N-dealkylation sites (tertiary alicyclic amines) is 1. The number of nitrogens with two attached hydrogens (primary N) is 1. The first kappa shape index (κ1) is 16.9. The Kier molecular flexibility index (Phi) is 5.77. The Hall–Kier alpha value is -0.490. The molecular weight excluding hydrogens is 333 g/mol. The monoisotopic (exact) mass is 357 g/mol. The second-order valence-electron chi connectivity index (χ2n) is 6.08. The average molecular weight is 358 g/mol. The number of nitrogens with zero attached hydrogens (tertiary/aromatic N) is 1. The zero-order valence-electron chi connectivity index (χ0n) is 12.8. The van der Waals surface area contributed by atoms with E-state index in [9.17, 15) is 4.39 Å². The highest BCUT2D eigenvalue weighted by Gasteiger charge is 2.38. The first-order valence-corrected chi connectivity index (χ1v) is 8.45. The molecule has 2 unspecified atom stereocenters. The molecule has 0 bridgehead atoms. The first-order chi connectivity index (χ1) is 10.0. The molecule has 3 N–H and O–H groups in total. The quantitative estimate of drug-likeness (QED) is 0.606. The maximum absolute atomic E-state index is 13.4. The molecule has 0 amide bonds. The van der Waals surface area contributed by atoms with Gasteiger partial charge in [-0.3, -0.25) is 16.2 Å². The van der Waals surface area contributed by atoms with Crippen molar-refractivity contribution in [2.75, 3.05) is 13.1 Å². The zero-order chi connectivity index (χ0) is 15.5. The Balaban J connectivity index is 2.18. The van der Waals surface area contributed by atoms with Gasteiger partial charge in [-0.2, -0.15) is 0 Å². The first-order valence-electron chi connectivity index (χ1n) is 7.66. The lowest BCUT2D eigenvalue weighted by Gasteiger charge is -2.44. The molecular formula is C16H25BrFN3. The third kappa shape index (κ3) is 3.65. The molecule has 118 valence electrons. The highest BCUT2D eigenvalue weighted by atomic mass is 79.9. The van der Waals surface area contributed by atoms with Crippen LogP contribution >= 0.6 is 15.9 Å². The van der Waals surface area contributed by atoms with Crippen molar-refractivity contribution in [3.63, 3.8) is 0 Å². The van der Waals surface area contributed by atoms with Gasteiger partial charge in [0.25, 0.3) is 0 Å². The van der Waals surface area contributed by atoms with E-state index in [-0.39, 0.29) is 17.4 Å². The Bertz CT molecular complexity index is 477. The molecule has 2 rings (SSSR count). The molecule has 0 saturated carbocycles. The Morgan fingerprint density at radius 2 is 2.10 bits per heavy atom. The number of rotatable bonds is 6. The summed E-state index contributed by atoms with van der Waals surface area (Å²) >= 11 is 3.25. The van der Waals surface area contributed by atoms with Crippen molar-refractivity contribution in [3.8, 4) is 0 Å². The lowest BCUT2D eigenvalue weighted by molar-refractivity contribution is 0.0841. The topological polar surface area (TPSA) is 41.3 Å². The summed E-state index contributed by atoms with van der Waals surface area (Å²) in [6.45, 7) is 6.76. The number of hydrogen-bond donors (Lipinski definition) is 2. The lowest BCUT2D eigenvalue weighted by Crippen LogP contribution is -2.61. The molecule has 0 spiro atoms. The summed E-state index contributed by atoms with van der Waals surface area (Å²) in [6.07, 6.45) is 4.34. The van der Waals surface area contributed by atoms with Crippen molar-refractivity contribution in [1.29, 1.82) is 0 Å². The van der Waals surface area contributed by atoms with E-state index in [4.69, 9.17) is 5.84 Å². The molecule has 0 aliphatic carbocycles. The van der Waals surface area contributed by atoms with Gasteiger partial charge in [-0.05, 0) is 79.3 Å². The summed E-state index contributed by atoms with van der Waals surface area (Å²) in [5.41, 5.74) is 4.11. The summed E-state index contributed by atoms with van der Waals surface area (Å²) in [4.78, 5) is 2.54. The van der Waals surface area contributed by atoms with Crippen molar-refractivity contribution in [3.05, 3.63) is 34.1 Å². The Morgan fingerprint density at radius 1 is 1.43 bits per heavy atom. The fourth-order valence-corrected chi connectivity index (χ4v) is 3.71. The Morgan fingerprint density at radius 3 is 2.62 bits per heavy atom. The van der Waals surface area contributed by atoms with Crippen molar-refractivity contribution in [1.82, 2.24) is 10.3 Å². The minimum atomic E-state index is -0.228. The number of hydrazine groups is 1. The second kappa shape index (κ2) is 7.18. The molecule has 1 aliphatic rings. The van der Waals surface area contributed by atoms with Gasteiger partial charge < -0.3 is 0 Å². The minimum absolute atomic E-state index is 0.0200. The number of halogens is 2. The minimum Gasteiger partial charge on any atom is -0.296 e. The molecule has 0 radical (unpaired) electrons. The predicted octanol–water partition coefficient (Wildman–Crippen LogP) is 3.23. The molecule has 1 fully saturated rings. The van der Waals surface area contributed by atoms with E-state index < -0.39 is 0 Å². The molecule has 21 heavy (non-hydrogen) atoms. The van der Waals surface area contributed by atoms with Gasteiger partial charge in [-0.1, -0.05) is 13.0 Å². The highest BCUT2D eigenvalue weighted by Crippen LogP contribution is 2.30. The van der Waals surface area contributed by atoms with Crippen molar-refractivity contribution in [2.45, 2.75) is 51.1 Å². The molecule has 1 aromatic rings. The van der Waals surface area contributed by atoms with Gasteiger partial charge in [0.1, 0.15) is 5.82 Å². The van der Waals surface area contributed by atoms with Gasteiger partial charge >= 0.3 is 0 Å². The van der Waals surface area contributed by atoms with Crippen LogP contribution in [-0.2, 0) is 6.42 Å². The standard InChI is InChI=1S/C16H25BrFN3/c1-3-16(2,21-8-4-5-9-21)15(20-19)11-12-6-7-14(18)13(17)10-12/h6-7,10,15,20H,3-5,8-9,11,19H2,1-2H3. The van der Waals surface area contributed by atoms with Gasteiger partial charge in [0.15, 0.2) is 0 Å². The maximum atomic E-state index is 13.4. The molecule has 5 heteroatoms. The lowest BCUT2D eigenvalue weighted by atomic mass is 9.84. The van der Waals surface area contributed by atoms with Crippen LogP contribution in [0, 0.1) is 5.82 Å². The van der Waals surface area contributed by atoms with Crippen molar-refractivity contribution >= 4 is 15.9 Å². The predicted molar refractivity (Wildman–Crippen MR) is 88.4 cm³/mol. The largest absolute Gasteiger partial charge is 0.296 e. The third-order valence-electron chi connectivity index (χ3n) is 4.92. The van der Waals surface area contributed by atoms with Crippen LogP contribution in [0.3, 0.4) is 0 Å². The van der Waals surface area contributed by atoms with Gasteiger partial charge in [0, 0.05) is 11.6 Å². The van der Waals surface area contributed by atoms with Gasteiger partial charge in [-0.15, -0.1) is 0 Å². The maximum Gasteiger partial charge on any atom is 0.137 e. The van der Waals surface area contributed by atoms with E-state index in [1.54, 1.807) is 0 Å². The van der Waals surface area contributed by atoms with E-state index in [2.05, 4.69) is 40.1 Å². The fraction of sp³-hybridized carbons (Fsp3) is 0.625. The number of hydrogen-bond acceptors (Lipinski definition) is 3. The van der Waals surface area contributed by atoms with Crippen LogP contribution in [0.4, 0.5) is 4.39 Å². The molecule has 1 saturated heterocycles. The molecule has 0 aromatic heterocycles. The summed E-state index contributed by atoms with van der Waals surface area (Å²) < 4.78 is 13.9. The molecule has 3 nitrogen and oxygen atoms in total. The van der Waals surface area contributed by atoms with Gasteiger partial charge in [-0.25, -0.2) is 4.39 Å². The average Bonchev–Trinajstić information content (AvgIpc) is 3.02. The van der Waals surface area contributed by atoms with Crippen LogP contribution in [0.25, 0.3) is 0 Å². The summed E-state index contributed by atoms with van der Waals surface area (Å²) in [5, 5.41) is 0. The van der Waals surface area contributed by atoms with E-state index in [0.29, 0.717) is 4.47 Å².